The normalized spacial score (nSPS) is 12.8. The summed E-state index contributed by atoms with van der Waals surface area (Å²) in [5.74, 6) is 0. The average Bonchev–Trinajstić information content (AvgIpc) is 2.83. The van der Waals surface area contributed by atoms with Crippen molar-refractivity contribution in [1.82, 2.24) is 0 Å². The molecule has 4 heteroatoms. The molecule has 0 saturated heterocycles. The van der Waals surface area contributed by atoms with Gasteiger partial charge in [0.2, 0.25) is 0 Å². The predicted molar refractivity (Wildman–Crippen MR) is 94.3 cm³/mol. The van der Waals surface area contributed by atoms with E-state index in [1.165, 1.54) is 21.2 Å². The summed E-state index contributed by atoms with van der Waals surface area (Å²) in [6, 6.07) is 17.0. The smallest absolute Gasteiger partial charge is 0.0701 e. The molecule has 2 N–H and O–H groups in total. The van der Waals surface area contributed by atoms with Gasteiger partial charge in [-0.15, -0.1) is 11.3 Å². The van der Waals surface area contributed by atoms with E-state index in [2.05, 4.69) is 80.4 Å². The van der Waals surface area contributed by atoms with Crippen LogP contribution in [0.25, 0.3) is 10.8 Å². The van der Waals surface area contributed by atoms with Crippen molar-refractivity contribution in [3.63, 3.8) is 0 Å². The van der Waals surface area contributed by atoms with Crippen molar-refractivity contribution in [2.24, 2.45) is 5.73 Å². The number of nitrogens with two attached hydrogens (primary N) is 1. The Morgan fingerprint density at radius 1 is 0.950 bits per heavy atom. The highest BCUT2D eigenvalue weighted by Crippen LogP contribution is 2.28. The lowest BCUT2D eigenvalue weighted by atomic mass is 10.00. The van der Waals surface area contributed by atoms with Gasteiger partial charge in [-0.05, 0) is 62.6 Å². The van der Waals surface area contributed by atoms with Gasteiger partial charge in [0.15, 0.2) is 0 Å². The SMILES string of the molecule is NC(Cc1ccc(Br)s1)c1ccc2cc(Br)ccc2c1. The second kappa shape index (κ2) is 5.98. The molecule has 1 aromatic heterocycles. The van der Waals surface area contributed by atoms with E-state index < -0.39 is 0 Å². The van der Waals surface area contributed by atoms with E-state index in [-0.39, 0.29) is 6.04 Å². The molecule has 3 rings (SSSR count). The third kappa shape index (κ3) is 3.14. The Hall–Kier alpha value is -0.680. The Kier molecular flexibility index (Phi) is 4.26. The maximum absolute atomic E-state index is 6.34. The minimum Gasteiger partial charge on any atom is -0.324 e. The minimum absolute atomic E-state index is 0.0357. The zero-order chi connectivity index (χ0) is 14.1. The fraction of sp³-hybridized carbons (Fsp3) is 0.125. The quantitative estimate of drug-likeness (QED) is 0.591. The van der Waals surface area contributed by atoms with Crippen LogP contribution in [-0.2, 0) is 6.42 Å². The van der Waals surface area contributed by atoms with Crippen molar-refractivity contribution in [3.8, 4) is 0 Å². The van der Waals surface area contributed by atoms with Crippen LogP contribution in [0, 0.1) is 0 Å². The highest BCUT2D eigenvalue weighted by molar-refractivity contribution is 9.11. The van der Waals surface area contributed by atoms with Gasteiger partial charge in [-0.2, -0.15) is 0 Å². The topological polar surface area (TPSA) is 26.0 Å². The lowest BCUT2D eigenvalue weighted by molar-refractivity contribution is 0.731. The van der Waals surface area contributed by atoms with Gasteiger partial charge >= 0.3 is 0 Å². The van der Waals surface area contributed by atoms with Crippen LogP contribution in [0.3, 0.4) is 0 Å². The molecule has 0 saturated carbocycles. The van der Waals surface area contributed by atoms with Crippen LogP contribution in [0.2, 0.25) is 0 Å². The minimum atomic E-state index is 0.0357. The summed E-state index contributed by atoms with van der Waals surface area (Å²) in [4.78, 5) is 1.31. The monoisotopic (exact) mass is 409 g/mol. The second-order valence-electron chi connectivity index (χ2n) is 4.77. The molecular weight excluding hydrogens is 398 g/mol. The standard InChI is InChI=1S/C16H13Br2NS/c17-13-4-3-10-7-12(2-1-11(10)8-13)15(19)9-14-5-6-16(18)20-14/h1-8,15H,9,19H2. The van der Waals surface area contributed by atoms with Crippen LogP contribution >= 0.6 is 43.2 Å². The summed E-state index contributed by atoms with van der Waals surface area (Å²) >= 11 is 8.74. The molecule has 20 heavy (non-hydrogen) atoms. The molecule has 102 valence electrons. The average molecular weight is 411 g/mol. The second-order valence-corrected chi connectivity index (χ2v) is 8.23. The molecule has 0 amide bonds. The van der Waals surface area contributed by atoms with Crippen molar-refractivity contribution in [2.45, 2.75) is 12.5 Å². The maximum atomic E-state index is 6.34. The van der Waals surface area contributed by atoms with Gasteiger partial charge in [0, 0.05) is 21.8 Å². The first-order valence-electron chi connectivity index (χ1n) is 6.31. The predicted octanol–water partition coefficient (Wildman–Crippen LogP) is 5.67. The molecule has 0 aliphatic heterocycles. The zero-order valence-electron chi connectivity index (χ0n) is 10.6. The number of fused-ring (bicyclic) bond motifs is 1. The molecule has 0 fully saturated rings. The molecule has 1 nitrogen and oxygen atoms in total. The largest absolute Gasteiger partial charge is 0.324 e. The van der Waals surface area contributed by atoms with E-state index in [9.17, 15) is 0 Å². The van der Waals surface area contributed by atoms with Crippen molar-refractivity contribution in [3.05, 3.63) is 67.2 Å². The molecule has 1 atom stereocenters. The fourth-order valence-electron chi connectivity index (χ4n) is 2.26. The molecule has 2 aromatic carbocycles. The van der Waals surface area contributed by atoms with Gasteiger partial charge in [0.05, 0.1) is 3.79 Å². The van der Waals surface area contributed by atoms with Crippen molar-refractivity contribution < 1.29 is 0 Å². The highest BCUT2D eigenvalue weighted by atomic mass is 79.9. The summed E-state index contributed by atoms with van der Waals surface area (Å²) in [6.07, 6.45) is 0.873. The molecule has 0 spiro atoms. The van der Waals surface area contributed by atoms with E-state index in [0.717, 1.165) is 14.7 Å². The molecule has 1 heterocycles. The summed E-state index contributed by atoms with van der Waals surface area (Å²) in [5.41, 5.74) is 7.52. The van der Waals surface area contributed by atoms with E-state index in [4.69, 9.17) is 5.73 Å². The van der Waals surface area contributed by atoms with Crippen LogP contribution in [0.1, 0.15) is 16.5 Å². The molecule has 1 unspecified atom stereocenters. The Morgan fingerprint density at radius 3 is 2.45 bits per heavy atom. The van der Waals surface area contributed by atoms with Crippen LogP contribution < -0.4 is 5.73 Å². The zero-order valence-corrected chi connectivity index (χ0v) is 14.6. The molecule has 0 aliphatic carbocycles. The van der Waals surface area contributed by atoms with E-state index >= 15 is 0 Å². The van der Waals surface area contributed by atoms with Gasteiger partial charge in [-0.3, -0.25) is 0 Å². The fourth-order valence-corrected chi connectivity index (χ4v) is 4.18. The van der Waals surface area contributed by atoms with Gasteiger partial charge in [-0.25, -0.2) is 0 Å². The van der Waals surface area contributed by atoms with E-state index in [0.29, 0.717) is 0 Å². The number of rotatable bonds is 3. The van der Waals surface area contributed by atoms with Crippen molar-refractivity contribution >= 4 is 54.0 Å². The third-order valence-electron chi connectivity index (χ3n) is 3.30. The molecule has 0 radical (unpaired) electrons. The lowest BCUT2D eigenvalue weighted by Gasteiger charge is -2.12. The first-order valence-corrected chi connectivity index (χ1v) is 8.71. The van der Waals surface area contributed by atoms with E-state index in [1.807, 2.05) is 0 Å². The molecule has 3 aromatic rings. The van der Waals surface area contributed by atoms with Crippen LogP contribution in [0.15, 0.2) is 56.8 Å². The first-order chi connectivity index (χ1) is 9.61. The highest BCUT2D eigenvalue weighted by Gasteiger charge is 2.09. The molecule has 0 aliphatic rings. The van der Waals surface area contributed by atoms with Crippen molar-refractivity contribution in [2.75, 3.05) is 0 Å². The number of thiophene rings is 1. The molecular formula is C16H13Br2NS. The van der Waals surface area contributed by atoms with Crippen LogP contribution in [0.5, 0.6) is 0 Å². The van der Waals surface area contributed by atoms with E-state index in [1.54, 1.807) is 11.3 Å². The van der Waals surface area contributed by atoms with Gasteiger partial charge in [-0.1, -0.05) is 34.1 Å². The number of benzene rings is 2. The first kappa shape index (κ1) is 14.3. The number of halogens is 2. The summed E-state index contributed by atoms with van der Waals surface area (Å²) in [7, 11) is 0. The number of hydrogen-bond acceptors (Lipinski definition) is 2. The van der Waals surface area contributed by atoms with Gasteiger partial charge in [0.25, 0.3) is 0 Å². The van der Waals surface area contributed by atoms with Crippen LogP contribution in [-0.4, -0.2) is 0 Å². The maximum Gasteiger partial charge on any atom is 0.0701 e. The third-order valence-corrected chi connectivity index (χ3v) is 5.44. The Labute approximate surface area is 139 Å². The van der Waals surface area contributed by atoms with Crippen molar-refractivity contribution in [1.29, 1.82) is 0 Å². The van der Waals surface area contributed by atoms with Gasteiger partial charge < -0.3 is 5.73 Å². The Bertz CT molecular complexity index is 751. The summed E-state index contributed by atoms with van der Waals surface area (Å²) < 4.78 is 2.26. The number of hydrogen-bond donors (Lipinski definition) is 1. The Balaban J connectivity index is 1.87. The summed E-state index contributed by atoms with van der Waals surface area (Å²) in [6.45, 7) is 0. The lowest BCUT2D eigenvalue weighted by Crippen LogP contribution is -2.12. The van der Waals surface area contributed by atoms with Crippen LogP contribution in [0.4, 0.5) is 0 Å². The molecule has 0 bridgehead atoms. The Morgan fingerprint density at radius 2 is 1.70 bits per heavy atom. The summed E-state index contributed by atoms with van der Waals surface area (Å²) in [5, 5.41) is 2.46. The van der Waals surface area contributed by atoms with Gasteiger partial charge in [0.1, 0.15) is 0 Å².